The number of aromatic hydroxyl groups is 1. The van der Waals surface area contributed by atoms with Crippen LogP contribution in [0.2, 0.25) is 0 Å². The number of phenols is 1. The van der Waals surface area contributed by atoms with Crippen molar-refractivity contribution in [2.75, 3.05) is 0 Å². The maximum atomic E-state index is 12.2. The Morgan fingerprint density at radius 2 is 0.923 bits per heavy atom. The summed E-state index contributed by atoms with van der Waals surface area (Å²) in [5.74, 6) is 1.77. The Hall–Kier alpha value is -8.12. The van der Waals surface area contributed by atoms with E-state index < -0.39 is 8.07 Å². The van der Waals surface area contributed by atoms with Crippen LogP contribution in [-0.4, -0.2) is 25.0 Å². The molecule has 11 aromatic rings. The molecule has 5 heteroatoms. The van der Waals surface area contributed by atoms with E-state index in [0.717, 1.165) is 61.5 Å². The summed E-state index contributed by atoms with van der Waals surface area (Å²) in [4.78, 5) is 0. The minimum absolute atomic E-state index is 0.213. The number of benzene rings is 10. The summed E-state index contributed by atoms with van der Waals surface area (Å²) >= 11 is 0. The highest BCUT2D eigenvalue weighted by Crippen LogP contribution is 2.39. The lowest BCUT2D eigenvalue weighted by Crippen LogP contribution is -2.75. The van der Waals surface area contributed by atoms with Gasteiger partial charge in [0.05, 0.1) is 16.7 Å². The van der Waals surface area contributed by atoms with Gasteiger partial charge in [0.1, 0.15) is 17.2 Å². The molecule has 0 saturated carbocycles. The molecule has 0 bridgehead atoms. The van der Waals surface area contributed by atoms with E-state index in [1.54, 1.807) is 0 Å². The maximum absolute atomic E-state index is 12.2. The minimum Gasteiger partial charge on any atom is -0.507 e. The Balaban J connectivity index is 0.941. The van der Waals surface area contributed by atoms with Gasteiger partial charge in [-0.1, -0.05) is 206 Å². The quantitative estimate of drug-likeness (QED) is 0.122. The molecule has 3 nitrogen and oxygen atoms in total. The first kappa shape index (κ1) is 38.5. The standard InChI is InChI=1S/C60H41BNO2Si/c63-56-40-42(47-26-13-17-34-59(47)65(43-19-4-1-5-20-43,44-21-6-2-7-22-44)45-23-8-3-9-24-45)35-37-50(56)51-29-18-33-58-60(51)61-52-39-41(36-38-57(52)64-58)46-25-10-14-30-53(46)62-54-31-15-11-27-48(54)49-28-12-16-32-55(49)62/h1-40,63H. The van der Waals surface area contributed by atoms with E-state index in [-0.39, 0.29) is 5.75 Å². The molecule has 2 heterocycles. The first-order valence-electron chi connectivity index (χ1n) is 22.1. The van der Waals surface area contributed by atoms with Gasteiger partial charge < -0.3 is 14.4 Å². The minimum atomic E-state index is -2.85. The molecule has 12 rings (SSSR count). The molecule has 1 N–H and O–H groups in total. The molecule has 1 aliphatic rings. The van der Waals surface area contributed by atoms with E-state index in [9.17, 15) is 5.11 Å². The van der Waals surface area contributed by atoms with Crippen LogP contribution >= 0.6 is 0 Å². The lowest BCUT2D eigenvalue weighted by molar-refractivity contribution is 0.477. The zero-order chi connectivity index (χ0) is 43.3. The van der Waals surface area contributed by atoms with E-state index in [1.807, 2.05) is 18.2 Å². The van der Waals surface area contributed by atoms with E-state index in [1.165, 1.54) is 42.6 Å². The largest absolute Gasteiger partial charge is 0.507 e. The summed E-state index contributed by atoms with van der Waals surface area (Å²) in [7, 11) is -0.647. The van der Waals surface area contributed by atoms with Crippen molar-refractivity contribution in [2.45, 2.75) is 0 Å². The van der Waals surface area contributed by atoms with Crippen LogP contribution in [0.3, 0.4) is 0 Å². The molecule has 1 radical (unpaired) electrons. The fourth-order valence-electron chi connectivity index (χ4n) is 10.3. The second-order valence-corrected chi connectivity index (χ2v) is 20.5. The maximum Gasteiger partial charge on any atom is 0.202 e. The van der Waals surface area contributed by atoms with Crippen LogP contribution in [0.25, 0.3) is 60.9 Å². The van der Waals surface area contributed by atoms with Gasteiger partial charge in [0.25, 0.3) is 0 Å². The fraction of sp³-hybridized carbons (Fsp3) is 0. The molecule has 10 aromatic carbocycles. The van der Waals surface area contributed by atoms with Crippen molar-refractivity contribution in [3.05, 3.63) is 243 Å². The number of hydrogen-bond acceptors (Lipinski definition) is 2. The van der Waals surface area contributed by atoms with Gasteiger partial charge in [0, 0.05) is 21.9 Å². The summed E-state index contributed by atoms with van der Waals surface area (Å²) in [5.41, 5.74) is 11.3. The monoisotopic (exact) mass is 846 g/mol. The molecule has 0 amide bonds. The Morgan fingerprint density at radius 1 is 0.400 bits per heavy atom. The van der Waals surface area contributed by atoms with Gasteiger partial charge in [-0.25, -0.2) is 0 Å². The molecule has 65 heavy (non-hydrogen) atoms. The van der Waals surface area contributed by atoms with Crippen molar-refractivity contribution < 1.29 is 9.84 Å². The Bertz CT molecular complexity index is 3420. The van der Waals surface area contributed by atoms with Gasteiger partial charge in [-0.15, -0.1) is 0 Å². The molecule has 1 aromatic heterocycles. The van der Waals surface area contributed by atoms with Crippen LogP contribution in [0.5, 0.6) is 17.2 Å². The van der Waals surface area contributed by atoms with Gasteiger partial charge in [0.2, 0.25) is 7.28 Å². The molecule has 305 valence electrons. The third kappa shape index (κ3) is 6.35. The number of rotatable bonds is 8. The fourth-order valence-corrected chi connectivity index (χ4v) is 15.3. The summed E-state index contributed by atoms with van der Waals surface area (Å²) < 4.78 is 9.03. The normalized spacial score (nSPS) is 12.0. The van der Waals surface area contributed by atoms with Crippen molar-refractivity contribution in [1.82, 2.24) is 4.57 Å². The third-order valence-corrected chi connectivity index (χ3v) is 18.0. The van der Waals surface area contributed by atoms with E-state index >= 15 is 0 Å². The Morgan fingerprint density at radius 3 is 1.57 bits per heavy atom. The number of nitrogens with zero attached hydrogens (tertiary/aromatic N) is 1. The van der Waals surface area contributed by atoms with Gasteiger partial charge in [-0.3, -0.25) is 0 Å². The van der Waals surface area contributed by atoms with E-state index in [0.29, 0.717) is 0 Å². The Labute approximate surface area is 380 Å². The summed E-state index contributed by atoms with van der Waals surface area (Å²) in [5, 5.41) is 19.8. The second-order valence-electron chi connectivity index (χ2n) is 16.7. The third-order valence-electron chi connectivity index (χ3n) is 13.2. The molecular formula is C60H41BNO2Si. The second kappa shape index (κ2) is 15.9. The van der Waals surface area contributed by atoms with Gasteiger partial charge in [-0.05, 0) is 90.3 Å². The highest BCUT2D eigenvalue weighted by atomic mass is 28.3. The van der Waals surface area contributed by atoms with Crippen LogP contribution in [0, 0.1) is 0 Å². The Kier molecular flexibility index (Phi) is 9.43. The average molecular weight is 847 g/mol. The van der Waals surface area contributed by atoms with Crippen LogP contribution in [-0.2, 0) is 0 Å². The first-order chi connectivity index (χ1) is 32.2. The SMILES string of the molecule is Oc1cc(-c2ccccc2[Si](c2ccccc2)(c2ccccc2)c2ccccc2)ccc1-c1cccc2c1[B]c1cc(-c3ccccc3-n3c4ccccc4c4ccccc43)ccc1O2. The number of para-hydroxylation sites is 3. The number of aromatic nitrogens is 1. The number of fused-ring (bicyclic) bond motifs is 5. The molecule has 1 aliphatic heterocycles. The molecule has 0 fully saturated rings. The van der Waals surface area contributed by atoms with E-state index in [2.05, 4.69) is 236 Å². The zero-order valence-corrected chi connectivity index (χ0v) is 36.5. The first-order valence-corrected chi connectivity index (χ1v) is 24.1. The topological polar surface area (TPSA) is 34.4 Å². The molecule has 0 spiro atoms. The smallest absolute Gasteiger partial charge is 0.202 e. The van der Waals surface area contributed by atoms with Crippen LogP contribution in [0.15, 0.2) is 243 Å². The van der Waals surface area contributed by atoms with Crippen molar-refractivity contribution in [3.8, 4) is 56.3 Å². The molecule has 0 saturated heterocycles. The van der Waals surface area contributed by atoms with Gasteiger partial charge in [0.15, 0.2) is 8.07 Å². The van der Waals surface area contributed by atoms with Crippen molar-refractivity contribution >= 4 is 68.8 Å². The molecule has 0 unspecified atom stereocenters. The van der Waals surface area contributed by atoms with E-state index in [4.69, 9.17) is 4.74 Å². The summed E-state index contributed by atoms with van der Waals surface area (Å²) in [6, 6.07) is 86.3. The summed E-state index contributed by atoms with van der Waals surface area (Å²) in [6.45, 7) is 0. The number of ether oxygens (including phenoxy) is 1. The highest BCUT2D eigenvalue weighted by molar-refractivity contribution is 7.20. The zero-order valence-electron chi connectivity index (χ0n) is 35.5. The van der Waals surface area contributed by atoms with Crippen LogP contribution < -0.4 is 36.4 Å². The van der Waals surface area contributed by atoms with Crippen LogP contribution in [0.1, 0.15) is 0 Å². The summed E-state index contributed by atoms with van der Waals surface area (Å²) in [6.07, 6.45) is 0. The predicted octanol–water partition coefficient (Wildman–Crippen LogP) is 10.6. The molecule has 0 aliphatic carbocycles. The predicted molar refractivity (Wildman–Crippen MR) is 274 cm³/mol. The molecular weight excluding hydrogens is 806 g/mol. The lowest BCUT2D eigenvalue weighted by Gasteiger charge is -2.36. The van der Waals surface area contributed by atoms with Crippen molar-refractivity contribution in [1.29, 1.82) is 0 Å². The van der Waals surface area contributed by atoms with Gasteiger partial charge in [-0.2, -0.15) is 0 Å². The number of phenolic OH excluding ortho intramolecular Hbond substituents is 1. The van der Waals surface area contributed by atoms with Crippen LogP contribution in [0.4, 0.5) is 0 Å². The lowest BCUT2D eigenvalue weighted by atomic mass is 9.59. The average Bonchev–Trinajstić information content (AvgIpc) is 3.71. The van der Waals surface area contributed by atoms with Gasteiger partial charge >= 0.3 is 0 Å². The van der Waals surface area contributed by atoms with Crippen molar-refractivity contribution in [3.63, 3.8) is 0 Å². The molecule has 0 atom stereocenters. The highest BCUT2D eigenvalue weighted by Gasteiger charge is 2.43. The number of hydrogen-bond donors (Lipinski definition) is 1. The van der Waals surface area contributed by atoms with Crippen molar-refractivity contribution in [2.24, 2.45) is 0 Å².